The molecule has 4 rings (SSSR count). The number of fused-ring (bicyclic) bond motifs is 1. The second-order valence-electron chi connectivity index (χ2n) is 7.61. The normalized spacial score (nSPS) is 29.6. The third kappa shape index (κ3) is 3.26. The number of carbonyl (C=O) groups is 3. The molecule has 3 saturated heterocycles. The first-order valence-electron chi connectivity index (χ1n) is 9.64. The number of hydrogen-bond donors (Lipinski definition) is 1. The standard InChI is InChI=1S/C20H25N3O4/c1-13-17-15(21-18(13)24)9-11-23(17)19(25)16-8-5-10-22(16)20(26)27-12-14-6-3-2-4-7-14/h2-4,6-7,13,15-17H,5,8-12H2,1H3,(H,21,24)/t13-,15-,16-,17+/m0/s1. The number of likely N-dealkylation sites (tertiary alicyclic amines) is 2. The molecule has 7 heteroatoms. The fraction of sp³-hybridized carbons (Fsp3) is 0.550. The van der Waals surface area contributed by atoms with E-state index in [2.05, 4.69) is 5.32 Å². The Balaban J connectivity index is 1.41. The quantitative estimate of drug-likeness (QED) is 0.874. The molecule has 0 aliphatic carbocycles. The van der Waals surface area contributed by atoms with E-state index < -0.39 is 12.1 Å². The lowest BCUT2D eigenvalue weighted by molar-refractivity contribution is -0.137. The average Bonchev–Trinajstić information content (AvgIpc) is 3.38. The molecule has 1 aromatic carbocycles. The zero-order chi connectivity index (χ0) is 19.0. The molecule has 3 heterocycles. The number of benzene rings is 1. The van der Waals surface area contributed by atoms with Gasteiger partial charge in [0.1, 0.15) is 12.6 Å². The molecule has 4 atom stereocenters. The zero-order valence-corrected chi connectivity index (χ0v) is 15.5. The molecule has 0 bridgehead atoms. The van der Waals surface area contributed by atoms with E-state index in [9.17, 15) is 14.4 Å². The molecule has 1 aromatic rings. The number of amides is 3. The minimum Gasteiger partial charge on any atom is -0.445 e. The van der Waals surface area contributed by atoms with Crippen molar-refractivity contribution in [1.29, 1.82) is 0 Å². The smallest absolute Gasteiger partial charge is 0.410 e. The summed E-state index contributed by atoms with van der Waals surface area (Å²) in [5, 5.41) is 2.98. The Kier molecular flexibility index (Phi) is 4.76. The van der Waals surface area contributed by atoms with Crippen molar-refractivity contribution in [1.82, 2.24) is 15.1 Å². The monoisotopic (exact) mass is 371 g/mol. The molecule has 1 N–H and O–H groups in total. The molecular weight excluding hydrogens is 346 g/mol. The highest BCUT2D eigenvalue weighted by molar-refractivity contribution is 5.89. The zero-order valence-electron chi connectivity index (χ0n) is 15.5. The van der Waals surface area contributed by atoms with Crippen LogP contribution in [0.5, 0.6) is 0 Å². The van der Waals surface area contributed by atoms with Crippen molar-refractivity contribution in [3.63, 3.8) is 0 Å². The summed E-state index contributed by atoms with van der Waals surface area (Å²) in [5.74, 6) is -0.255. The van der Waals surface area contributed by atoms with E-state index in [1.54, 1.807) is 9.80 Å². The number of nitrogens with zero attached hydrogens (tertiary/aromatic N) is 2. The molecule has 3 aliphatic heterocycles. The number of rotatable bonds is 3. The van der Waals surface area contributed by atoms with Gasteiger partial charge in [-0.2, -0.15) is 0 Å². The van der Waals surface area contributed by atoms with Crippen LogP contribution in [-0.4, -0.2) is 58.9 Å². The fourth-order valence-electron chi connectivity index (χ4n) is 4.55. The van der Waals surface area contributed by atoms with Crippen molar-refractivity contribution < 1.29 is 19.1 Å². The Morgan fingerprint density at radius 1 is 1.15 bits per heavy atom. The molecule has 3 fully saturated rings. The van der Waals surface area contributed by atoms with Gasteiger partial charge in [-0.1, -0.05) is 37.3 Å². The van der Waals surface area contributed by atoms with Crippen LogP contribution in [0.4, 0.5) is 4.79 Å². The van der Waals surface area contributed by atoms with Crippen LogP contribution in [0.2, 0.25) is 0 Å². The Morgan fingerprint density at radius 3 is 2.70 bits per heavy atom. The minimum absolute atomic E-state index is 0.00745. The largest absolute Gasteiger partial charge is 0.445 e. The SMILES string of the molecule is C[C@@H]1C(=O)N[C@H]2CCN(C(=O)[C@@H]3CCCN3C(=O)OCc3ccccc3)[C@@H]21. The van der Waals surface area contributed by atoms with Gasteiger partial charge in [-0.3, -0.25) is 14.5 Å². The summed E-state index contributed by atoms with van der Waals surface area (Å²) in [6.07, 6.45) is 1.76. The molecule has 7 nitrogen and oxygen atoms in total. The van der Waals surface area contributed by atoms with E-state index in [0.29, 0.717) is 19.5 Å². The van der Waals surface area contributed by atoms with Gasteiger partial charge in [0.2, 0.25) is 11.8 Å². The molecular formula is C20H25N3O4. The summed E-state index contributed by atoms with van der Waals surface area (Å²) in [6, 6.07) is 8.94. The van der Waals surface area contributed by atoms with Crippen molar-refractivity contribution >= 4 is 17.9 Å². The molecule has 144 valence electrons. The van der Waals surface area contributed by atoms with Crippen LogP contribution < -0.4 is 5.32 Å². The van der Waals surface area contributed by atoms with Crippen molar-refractivity contribution in [3.8, 4) is 0 Å². The van der Waals surface area contributed by atoms with E-state index in [1.807, 2.05) is 37.3 Å². The molecule has 0 unspecified atom stereocenters. The summed E-state index contributed by atoms with van der Waals surface area (Å²) < 4.78 is 5.43. The molecule has 3 amide bonds. The third-order valence-electron chi connectivity index (χ3n) is 5.97. The number of ether oxygens (including phenoxy) is 1. The van der Waals surface area contributed by atoms with E-state index in [4.69, 9.17) is 4.74 Å². The summed E-state index contributed by atoms with van der Waals surface area (Å²) in [5.41, 5.74) is 0.916. The van der Waals surface area contributed by atoms with Gasteiger partial charge >= 0.3 is 6.09 Å². The van der Waals surface area contributed by atoms with Crippen LogP contribution in [0.1, 0.15) is 31.7 Å². The van der Waals surface area contributed by atoms with Crippen LogP contribution >= 0.6 is 0 Å². The highest BCUT2D eigenvalue weighted by Crippen LogP contribution is 2.32. The van der Waals surface area contributed by atoms with Crippen molar-refractivity contribution in [2.24, 2.45) is 5.92 Å². The first kappa shape index (κ1) is 17.8. The Hall–Kier alpha value is -2.57. The predicted molar refractivity (Wildman–Crippen MR) is 97.6 cm³/mol. The summed E-state index contributed by atoms with van der Waals surface area (Å²) >= 11 is 0. The van der Waals surface area contributed by atoms with E-state index in [0.717, 1.165) is 18.4 Å². The maximum Gasteiger partial charge on any atom is 0.410 e. The van der Waals surface area contributed by atoms with Crippen molar-refractivity contribution in [3.05, 3.63) is 35.9 Å². The van der Waals surface area contributed by atoms with Crippen LogP contribution in [0.25, 0.3) is 0 Å². The molecule has 0 spiro atoms. The van der Waals surface area contributed by atoms with Crippen LogP contribution in [0.15, 0.2) is 30.3 Å². The van der Waals surface area contributed by atoms with Gasteiger partial charge in [0.15, 0.2) is 0 Å². The fourth-order valence-corrected chi connectivity index (χ4v) is 4.55. The van der Waals surface area contributed by atoms with Crippen LogP contribution in [-0.2, 0) is 20.9 Å². The van der Waals surface area contributed by atoms with Gasteiger partial charge in [0.25, 0.3) is 0 Å². The first-order valence-corrected chi connectivity index (χ1v) is 9.64. The highest BCUT2D eigenvalue weighted by Gasteiger charge is 2.50. The van der Waals surface area contributed by atoms with E-state index in [1.165, 1.54) is 0 Å². The van der Waals surface area contributed by atoms with Gasteiger partial charge in [-0.15, -0.1) is 0 Å². The minimum atomic E-state index is -0.491. The first-order chi connectivity index (χ1) is 13.1. The average molecular weight is 371 g/mol. The Morgan fingerprint density at radius 2 is 1.93 bits per heavy atom. The predicted octanol–water partition coefficient (Wildman–Crippen LogP) is 1.52. The maximum absolute atomic E-state index is 13.2. The van der Waals surface area contributed by atoms with E-state index >= 15 is 0 Å². The number of carbonyl (C=O) groups excluding carboxylic acids is 3. The number of nitrogens with one attached hydrogen (secondary N) is 1. The van der Waals surface area contributed by atoms with Gasteiger partial charge in [0.05, 0.1) is 18.0 Å². The second kappa shape index (κ2) is 7.21. The second-order valence-corrected chi connectivity index (χ2v) is 7.61. The van der Waals surface area contributed by atoms with Gasteiger partial charge in [0, 0.05) is 13.1 Å². The lowest BCUT2D eigenvalue weighted by Gasteiger charge is -2.31. The van der Waals surface area contributed by atoms with Gasteiger partial charge < -0.3 is 15.0 Å². The lowest BCUT2D eigenvalue weighted by atomic mass is 10.0. The molecule has 0 aromatic heterocycles. The molecule has 0 radical (unpaired) electrons. The maximum atomic E-state index is 13.2. The van der Waals surface area contributed by atoms with Crippen molar-refractivity contribution in [2.45, 2.75) is 50.9 Å². The van der Waals surface area contributed by atoms with E-state index in [-0.39, 0.29) is 36.4 Å². The Bertz CT molecular complexity index is 738. The van der Waals surface area contributed by atoms with Crippen LogP contribution in [0, 0.1) is 5.92 Å². The van der Waals surface area contributed by atoms with Crippen LogP contribution in [0.3, 0.4) is 0 Å². The Labute approximate surface area is 158 Å². The molecule has 0 saturated carbocycles. The molecule has 27 heavy (non-hydrogen) atoms. The topological polar surface area (TPSA) is 79.0 Å². The highest BCUT2D eigenvalue weighted by atomic mass is 16.6. The number of hydrogen-bond acceptors (Lipinski definition) is 4. The summed E-state index contributed by atoms with van der Waals surface area (Å²) in [7, 11) is 0. The summed E-state index contributed by atoms with van der Waals surface area (Å²) in [4.78, 5) is 41.0. The lowest BCUT2D eigenvalue weighted by Crippen LogP contribution is -2.51. The summed E-state index contributed by atoms with van der Waals surface area (Å²) in [6.45, 7) is 3.22. The van der Waals surface area contributed by atoms with Gasteiger partial charge in [-0.25, -0.2) is 4.79 Å². The van der Waals surface area contributed by atoms with Gasteiger partial charge in [-0.05, 0) is 24.8 Å². The molecule has 3 aliphatic rings. The third-order valence-corrected chi connectivity index (χ3v) is 5.97. The van der Waals surface area contributed by atoms with Crippen molar-refractivity contribution in [2.75, 3.05) is 13.1 Å².